The summed E-state index contributed by atoms with van der Waals surface area (Å²) >= 11 is 0. The lowest BCUT2D eigenvalue weighted by molar-refractivity contribution is -0.140. The number of carbonyl (C=O) groups excluding carboxylic acids is 1. The molecule has 1 atom stereocenters. The van der Waals surface area contributed by atoms with Crippen LogP contribution in [0.3, 0.4) is 0 Å². The van der Waals surface area contributed by atoms with Gasteiger partial charge in [-0.05, 0) is 44.9 Å². The molecule has 3 heterocycles. The van der Waals surface area contributed by atoms with Crippen LogP contribution in [0.25, 0.3) is 0 Å². The van der Waals surface area contributed by atoms with E-state index in [1.807, 2.05) is 4.90 Å². The number of amides is 1. The molecule has 1 aromatic rings. The number of hydrogen-bond donors (Lipinski definition) is 1. The number of piperidine rings is 1. The predicted molar refractivity (Wildman–Crippen MR) is 95.5 cm³/mol. The summed E-state index contributed by atoms with van der Waals surface area (Å²) in [5, 5.41) is 9.71. The van der Waals surface area contributed by atoms with Crippen molar-refractivity contribution in [2.24, 2.45) is 5.41 Å². The number of carbonyl (C=O) groups is 1. The van der Waals surface area contributed by atoms with Crippen LogP contribution in [0.15, 0.2) is 6.20 Å². The molecule has 3 fully saturated rings. The summed E-state index contributed by atoms with van der Waals surface area (Å²) in [7, 11) is 0. The molecule has 2 saturated heterocycles. The van der Waals surface area contributed by atoms with Crippen LogP contribution in [0.1, 0.15) is 50.5 Å². The summed E-state index contributed by atoms with van der Waals surface area (Å²) in [6, 6.07) is 0.125. The zero-order valence-electron chi connectivity index (χ0n) is 16.0. The smallest absolute Gasteiger partial charge is 0.393 e. The average molecular weight is 416 g/mol. The van der Waals surface area contributed by atoms with E-state index in [4.69, 9.17) is 0 Å². The molecule has 1 aliphatic carbocycles. The van der Waals surface area contributed by atoms with Gasteiger partial charge in [0.15, 0.2) is 0 Å². The van der Waals surface area contributed by atoms with Gasteiger partial charge in [0.1, 0.15) is 5.56 Å². The molecule has 160 valence electrons. The van der Waals surface area contributed by atoms with Crippen LogP contribution < -0.4 is 4.90 Å². The minimum atomic E-state index is -4.85. The Balaban J connectivity index is 1.50. The Morgan fingerprint density at radius 2 is 1.86 bits per heavy atom. The van der Waals surface area contributed by atoms with E-state index < -0.39 is 23.1 Å². The van der Waals surface area contributed by atoms with Crippen molar-refractivity contribution in [3.8, 4) is 0 Å². The van der Waals surface area contributed by atoms with Crippen molar-refractivity contribution in [1.29, 1.82) is 0 Å². The monoisotopic (exact) mass is 416 g/mol. The molecule has 0 unspecified atom stereocenters. The number of aromatic nitrogens is 2. The first-order chi connectivity index (χ1) is 13.7. The zero-order chi connectivity index (χ0) is 20.8. The number of alkyl halides is 3. The third kappa shape index (κ3) is 3.78. The summed E-state index contributed by atoms with van der Waals surface area (Å²) in [5.41, 5.74) is -2.12. The number of likely N-dealkylation sites (tertiary alicyclic amines) is 1. The molecule has 29 heavy (non-hydrogen) atoms. The van der Waals surface area contributed by atoms with E-state index in [1.54, 1.807) is 4.90 Å². The van der Waals surface area contributed by atoms with Crippen LogP contribution in [-0.4, -0.2) is 57.7 Å². The molecule has 1 aromatic heterocycles. The maximum atomic E-state index is 13.9. The Morgan fingerprint density at radius 1 is 1.14 bits per heavy atom. The molecule has 10 heteroatoms. The van der Waals surface area contributed by atoms with Gasteiger partial charge >= 0.3 is 6.18 Å². The average Bonchev–Trinajstić information content (AvgIpc) is 2.97. The van der Waals surface area contributed by atoms with Crippen LogP contribution in [0.5, 0.6) is 0 Å². The van der Waals surface area contributed by atoms with Crippen LogP contribution in [-0.2, 0) is 11.0 Å². The quantitative estimate of drug-likeness (QED) is 0.593. The third-order valence-electron chi connectivity index (χ3n) is 6.55. The van der Waals surface area contributed by atoms with Gasteiger partial charge in [-0.3, -0.25) is 4.79 Å². The maximum Gasteiger partial charge on any atom is 0.422 e. The largest absolute Gasteiger partial charge is 0.422 e. The van der Waals surface area contributed by atoms with Crippen molar-refractivity contribution in [1.82, 2.24) is 14.9 Å². The summed E-state index contributed by atoms with van der Waals surface area (Å²) in [6.45, 7) is 1.38. The van der Waals surface area contributed by atoms with Gasteiger partial charge in [0, 0.05) is 31.9 Å². The first kappa shape index (κ1) is 20.3. The van der Waals surface area contributed by atoms with E-state index in [0.717, 1.165) is 12.8 Å². The van der Waals surface area contributed by atoms with Crippen LogP contribution in [0.2, 0.25) is 0 Å². The summed E-state index contributed by atoms with van der Waals surface area (Å²) < 4.78 is 52.2. The number of halogens is 4. The van der Waals surface area contributed by atoms with Crippen LogP contribution in [0, 0.1) is 11.4 Å². The second-order valence-electron chi connectivity index (χ2n) is 8.39. The molecule has 4 rings (SSSR count). The van der Waals surface area contributed by atoms with E-state index >= 15 is 0 Å². The standard InChI is InChI=1S/C19H24F4N4O2/c20-15-14(19(21,22)23)10-24-17(25-15)26-8-1-6-18(11-26)7-9-27(16(18)29)12-2-4-13(28)5-3-12/h10,12-13,28H,1-9,11H2/t12?,13?,18-/m1/s1. The number of hydrogen-bond acceptors (Lipinski definition) is 5. The normalized spacial score (nSPS) is 31.0. The fourth-order valence-corrected chi connectivity index (χ4v) is 4.94. The second-order valence-corrected chi connectivity index (χ2v) is 8.39. The second kappa shape index (κ2) is 7.37. The minimum absolute atomic E-state index is 0.0518. The lowest BCUT2D eigenvalue weighted by Gasteiger charge is -2.40. The molecular formula is C19H24F4N4O2. The van der Waals surface area contributed by atoms with Gasteiger partial charge in [-0.1, -0.05) is 0 Å². The minimum Gasteiger partial charge on any atom is -0.393 e. The maximum absolute atomic E-state index is 13.9. The highest BCUT2D eigenvalue weighted by atomic mass is 19.4. The van der Waals surface area contributed by atoms with Gasteiger partial charge in [-0.25, -0.2) is 4.98 Å². The molecule has 0 bridgehead atoms. The van der Waals surface area contributed by atoms with E-state index in [-0.39, 0.29) is 30.5 Å². The molecule has 1 saturated carbocycles. The van der Waals surface area contributed by atoms with E-state index in [0.29, 0.717) is 51.4 Å². The van der Waals surface area contributed by atoms with Crippen molar-refractivity contribution in [2.75, 3.05) is 24.5 Å². The Labute approximate surface area is 165 Å². The van der Waals surface area contributed by atoms with Crippen molar-refractivity contribution >= 4 is 11.9 Å². The molecule has 1 spiro atoms. The van der Waals surface area contributed by atoms with Crippen molar-refractivity contribution < 1.29 is 27.5 Å². The Hall–Kier alpha value is -1.97. The fraction of sp³-hybridized carbons (Fsp3) is 0.737. The molecule has 3 aliphatic rings. The van der Waals surface area contributed by atoms with Crippen molar-refractivity contribution in [3.63, 3.8) is 0 Å². The molecular weight excluding hydrogens is 392 g/mol. The van der Waals surface area contributed by atoms with Gasteiger partial charge < -0.3 is 14.9 Å². The Kier molecular flexibility index (Phi) is 5.16. The van der Waals surface area contributed by atoms with Gasteiger partial charge in [-0.2, -0.15) is 22.5 Å². The SMILES string of the molecule is O=C1N(C2CCC(O)CC2)CC[C@@]12CCCN(c1ncc(C(F)(F)F)c(F)n1)C2. The number of nitrogens with zero attached hydrogens (tertiary/aromatic N) is 4. The predicted octanol–water partition coefficient (Wildman–Crippen LogP) is 2.76. The fourth-order valence-electron chi connectivity index (χ4n) is 4.94. The Morgan fingerprint density at radius 3 is 2.52 bits per heavy atom. The van der Waals surface area contributed by atoms with Gasteiger partial charge in [0.05, 0.1) is 11.5 Å². The van der Waals surface area contributed by atoms with E-state index in [2.05, 4.69) is 9.97 Å². The molecule has 2 aliphatic heterocycles. The number of rotatable bonds is 2. The zero-order valence-corrected chi connectivity index (χ0v) is 16.0. The molecule has 0 aromatic carbocycles. The highest BCUT2D eigenvalue weighted by molar-refractivity contribution is 5.86. The summed E-state index contributed by atoms with van der Waals surface area (Å²) in [5.74, 6) is -1.65. The number of aliphatic hydroxyl groups is 1. The highest BCUT2D eigenvalue weighted by Crippen LogP contribution is 2.43. The Bertz CT molecular complexity index is 782. The summed E-state index contributed by atoms with van der Waals surface area (Å²) in [6.07, 6.45) is 0.264. The number of aliphatic hydroxyl groups excluding tert-OH is 1. The summed E-state index contributed by atoms with van der Waals surface area (Å²) in [4.78, 5) is 24.0. The van der Waals surface area contributed by atoms with Gasteiger partial charge in [-0.15, -0.1) is 0 Å². The molecule has 1 N–H and O–H groups in total. The van der Waals surface area contributed by atoms with Crippen LogP contribution >= 0.6 is 0 Å². The molecule has 0 radical (unpaired) electrons. The highest BCUT2D eigenvalue weighted by Gasteiger charge is 2.51. The lowest BCUT2D eigenvalue weighted by Crippen LogP contribution is -2.50. The van der Waals surface area contributed by atoms with E-state index in [1.165, 1.54) is 0 Å². The first-order valence-electron chi connectivity index (χ1n) is 10.0. The van der Waals surface area contributed by atoms with Gasteiger partial charge in [0.2, 0.25) is 17.8 Å². The van der Waals surface area contributed by atoms with Crippen LogP contribution in [0.4, 0.5) is 23.5 Å². The van der Waals surface area contributed by atoms with Crippen molar-refractivity contribution in [2.45, 2.75) is 63.3 Å². The molecule has 6 nitrogen and oxygen atoms in total. The van der Waals surface area contributed by atoms with E-state index in [9.17, 15) is 27.5 Å². The molecule has 1 amide bonds. The lowest BCUT2D eigenvalue weighted by atomic mass is 9.78. The third-order valence-corrected chi connectivity index (χ3v) is 6.55. The van der Waals surface area contributed by atoms with Crippen molar-refractivity contribution in [3.05, 3.63) is 17.7 Å². The number of anilines is 1. The first-order valence-corrected chi connectivity index (χ1v) is 10.0. The van der Waals surface area contributed by atoms with Gasteiger partial charge in [0.25, 0.3) is 0 Å². The topological polar surface area (TPSA) is 69.6 Å².